The van der Waals surface area contributed by atoms with Crippen LogP contribution in [-0.2, 0) is 0 Å². The molecule has 1 aromatic carbocycles. The van der Waals surface area contributed by atoms with E-state index >= 15 is 0 Å². The largest absolute Gasteiger partial charge is 0.494 e. The Morgan fingerprint density at radius 1 is 1.53 bits per heavy atom. The van der Waals surface area contributed by atoms with Crippen LogP contribution in [0, 0.1) is 10.1 Å². The van der Waals surface area contributed by atoms with Crippen LogP contribution in [0.2, 0.25) is 0 Å². The molecule has 0 aliphatic carbocycles. The monoisotopic (exact) mass is 236 g/mol. The van der Waals surface area contributed by atoms with Crippen molar-refractivity contribution in [1.29, 1.82) is 0 Å². The fraction of sp³-hybridized carbons (Fsp3) is 0.333. The topological polar surface area (TPSA) is 64.4 Å². The van der Waals surface area contributed by atoms with Gasteiger partial charge in [-0.1, -0.05) is 12.2 Å². The molecule has 0 heterocycles. The molecule has 0 amide bonds. The maximum atomic E-state index is 10.8. The van der Waals surface area contributed by atoms with Gasteiger partial charge in [-0.25, -0.2) is 0 Å². The van der Waals surface area contributed by atoms with Crippen molar-refractivity contribution in [2.24, 2.45) is 0 Å². The number of nitrogens with zero attached hydrogens (tertiary/aromatic N) is 1. The van der Waals surface area contributed by atoms with Gasteiger partial charge in [0, 0.05) is 24.4 Å². The maximum Gasteiger partial charge on any atom is 0.275 e. The number of anilines is 1. The minimum atomic E-state index is -0.436. The first-order valence-corrected chi connectivity index (χ1v) is 5.33. The van der Waals surface area contributed by atoms with Gasteiger partial charge in [-0.05, 0) is 13.8 Å². The average Bonchev–Trinajstić information content (AvgIpc) is 2.26. The molecule has 0 aliphatic heterocycles. The standard InChI is InChI=1S/C12H16N2O3/c1-4-17-12-6-10(13-8-9(2)3)5-11(7-12)14(15)16/h5-7,13H,2,4,8H2,1,3H3. The second-order valence-electron chi connectivity index (χ2n) is 3.72. The van der Waals surface area contributed by atoms with E-state index in [-0.39, 0.29) is 5.69 Å². The van der Waals surface area contributed by atoms with Crippen LogP contribution in [0.4, 0.5) is 11.4 Å². The maximum absolute atomic E-state index is 10.8. The van der Waals surface area contributed by atoms with Crippen LogP contribution in [-0.4, -0.2) is 18.1 Å². The van der Waals surface area contributed by atoms with Crippen LogP contribution in [0.5, 0.6) is 5.75 Å². The molecule has 1 aromatic rings. The lowest BCUT2D eigenvalue weighted by Gasteiger charge is -2.09. The molecule has 0 unspecified atom stereocenters. The fourth-order valence-electron chi connectivity index (χ4n) is 1.29. The normalized spacial score (nSPS) is 9.76. The molecular formula is C12H16N2O3. The molecular weight excluding hydrogens is 220 g/mol. The lowest BCUT2D eigenvalue weighted by molar-refractivity contribution is -0.384. The predicted octanol–water partition coefficient (Wildman–Crippen LogP) is 2.98. The van der Waals surface area contributed by atoms with Gasteiger partial charge in [0.05, 0.1) is 17.6 Å². The Kier molecular flexibility index (Phi) is 4.51. The Bertz CT molecular complexity index is 430. The number of nitrogens with one attached hydrogen (secondary N) is 1. The van der Waals surface area contributed by atoms with E-state index < -0.39 is 4.92 Å². The smallest absolute Gasteiger partial charge is 0.275 e. The Morgan fingerprint density at radius 3 is 2.76 bits per heavy atom. The summed E-state index contributed by atoms with van der Waals surface area (Å²) in [4.78, 5) is 10.3. The van der Waals surface area contributed by atoms with E-state index in [1.54, 1.807) is 6.07 Å². The summed E-state index contributed by atoms with van der Waals surface area (Å²) in [7, 11) is 0. The minimum Gasteiger partial charge on any atom is -0.494 e. The van der Waals surface area contributed by atoms with E-state index in [9.17, 15) is 10.1 Å². The number of ether oxygens (including phenoxy) is 1. The summed E-state index contributed by atoms with van der Waals surface area (Å²) in [5, 5.41) is 13.8. The number of hydrogen-bond acceptors (Lipinski definition) is 4. The molecule has 1 rings (SSSR count). The fourth-order valence-corrected chi connectivity index (χ4v) is 1.29. The highest BCUT2D eigenvalue weighted by Gasteiger charge is 2.10. The molecule has 0 fully saturated rings. The van der Waals surface area contributed by atoms with Crippen LogP contribution in [0.1, 0.15) is 13.8 Å². The molecule has 0 atom stereocenters. The van der Waals surface area contributed by atoms with E-state index in [0.717, 1.165) is 5.57 Å². The first-order chi connectivity index (χ1) is 8.02. The lowest BCUT2D eigenvalue weighted by Crippen LogP contribution is -2.03. The quantitative estimate of drug-likeness (QED) is 0.468. The first kappa shape index (κ1) is 13.0. The first-order valence-electron chi connectivity index (χ1n) is 5.33. The summed E-state index contributed by atoms with van der Waals surface area (Å²) in [6.45, 7) is 8.52. The Labute approximate surface area is 100 Å². The van der Waals surface area contributed by atoms with Crippen molar-refractivity contribution in [1.82, 2.24) is 0 Å². The third-order valence-corrected chi connectivity index (χ3v) is 2.01. The molecule has 17 heavy (non-hydrogen) atoms. The third kappa shape index (κ3) is 4.14. The van der Waals surface area contributed by atoms with E-state index in [1.807, 2.05) is 13.8 Å². The number of rotatable bonds is 6. The summed E-state index contributed by atoms with van der Waals surface area (Å²) in [6.07, 6.45) is 0. The van der Waals surface area contributed by atoms with Gasteiger partial charge >= 0.3 is 0 Å². The van der Waals surface area contributed by atoms with Gasteiger partial charge in [0.1, 0.15) is 5.75 Å². The molecule has 0 saturated carbocycles. The molecule has 92 valence electrons. The molecule has 0 saturated heterocycles. The van der Waals surface area contributed by atoms with Crippen LogP contribution >= 0.6 is 0 Å². The second-order valence-corrected chi connectivity index (χ2v) is 3.72. The molecule has 0 bridgehead atoms. The number of non-ortho nitro benzene ring substituents is 1. The predicted molar refractivity (Wildman–Crippen MR) is 67.6 cm³/mol. The minimum absolute atomic E-state index is 0.0140. The molecule has 0 aliphatic rings. The van der Waals surface area contributed by atoms with Crippen molar-refractivity contribution >= 4 is 11.4 Å². The van der Waals surface area contributed by atoms with Gasteiger partial charge in [0.2, 0.25) is 0 Å². The summed E-state index contributed by atoms with van der Waals surface area (Å²) >= 11 is 0. The van der Waals surface area contributed by atoms with Crippen molar-refractivity contribution in [3.8, 4) is 5.75 Å². The van der Waals surface area contributed by atoms with Crippen molar-refractivity contribution < 1.29 is 9.66 Å². The van der Waals surface area contributed by atoms with Crippen molar-refractivity contribution in [3.05, 3.63) is 40.5 Å². The van der Waals surface area contributed by atoms with Crippen molar-refractivity contribution in [3.63, 3.8) is 0 Å². The number of hydrogen-bond donors (Lipinski definition) is 1. The van der Waals surface area contributed by atoms with Crippen LogP contribution < -0.4 is 10.1 Å². The van der Waals surface area contributed by atoms with Crippen molar-refractivity contribution in [2.45, 2.75) is 13.8 Å². The molecule has 0 aromatic heterocycles. The zero-order valence-corrected chi connectivity index (χ0v) is 10.0. The van der Waals surface area contributed by atoms with Crippen LogP contribution in [0.25, 0.3) is 0 Å². The van der Waals surface area contributed by atoms with Crippen LogP contribution in [0.3, 0.4) is 0 Å². The molecule has 5 heteroatoms. The summed E-state index contributed by atoms with van der Waals surface area (Å²) in [5.41, 5.74) is 1.63. The van der Waals surface area contributed by atoms with E-state index in [2.05, 4.69) is 11.9 Å². The summed E-state index contributed by atoms with van der Waals surface area (Å²) < 4.78 is 5.28. The molecule has 5 nitrogen and oxygen atoms in total. The lowest BCUT2D eigenvalue weighted by atomic mass is 10.2. The van der Waals surface area contributed by atoms with Crippen molar-refractivity contribution in [2.75, 3.05) is 18.5 Å². The SMILES string of the molecule is C=C(C)CNc1cc(OCC)cc([N+](=O)[O-])c1. The van der Waals surface area contributed by atoms with Crippen LogP contribution in [0.15, 0.2) is 30.4 Å². The van der Waals surface area contributed by atoms with Gasteiger partial charge in [-0.15, -0.1) is 0 Å². The Morgan fingerprint density at radius 2 is 2.24 bits per heavy atom. The van der Waals surface area contributed by atoms with Gasteiger partial charge < -0.3 is 10.1 Å². The van der Waals surface area contributed by atoms with Gasteiger partial charge in [0.25, 0.3) is 5.69 Å². The highest BCUT2D eigenvalue weighted by atomic mass is 16.6. The number of benzene rings is 1. The molecule has 0 radical (unpaired) electrons. The zero-order valence-electron chi connectivity index (χ0n) is 10.0. The van der Waals surface area contributed by atoms with Gasteiger partial charge in [-0.3, -0.25) is 10.1 Å². The summed E-state index contributed by atoms with van der Waals surface area (Å²) in [5.74, 6) is 0.492. The number of nitro benzene ring substituents is 1. The van der Waals surface area contributed by atoms with E-state index in [0.29, 0.717) is 24.6 Å². The number of nitro groups is 1. The van der Waals surface area contributed by atoms with E-state index in [4.69, 9.17) is 4.74 Å². The van der Waals surface area contributed by atoms with E-state index in [1.165, 1.54) is 12.1 Å². The third-order valence-electron chi connectivity index (χ3n) is 2.01. The highest BCUT2D eigenvalue weighted by Crippen LogP contribution is 2.26. The Hall–Kier alpha value is -2.04. The molecule has 0 spiro atoms. The van der Waals surface area contributed by atoms with Gasteiger partial charge in [-0.2, -0.15) is 0 Å². The average molecular weight is 236 g/mol. The Balaban J connectivity index is 2.94. The van der Waals surface area contributed by atoms with Gasteiger partial charge in [0.15, 0.2) is 0 Å². The zero-order chi connectivity index (χ0) is 12.8. The second kappa shape index (κ2) is 5.89. The highest BCUT2D eigenvalue weighted by molar-refractivity contribution is 5.56. The summed E-state index contributed by atoms with van der Waals surface area (Å²) in [6, 6.07) is 4.63. The molecule has 1 N–H and O–H groups in total.